The zero-order valence-corrected chi connectivity index (χ0v) is 10.6. The van der Waals surface area contributed by atoms with E-state index in [0.29, 0.717) is 6.42 Å². The van der Waals surface area contributed by atoms with Gasteiger partial charge in [-0.15, -0.1) is 0 Å². The van der Waals surface area contributed by atoms with Crippen LogP contribution >= 0.6 is 0 Å². The van der Waals surface area contributed by atoms with Gasteiger partial charge >= 0.3 is 0 Å². The van der Waals surface area contributed by atoms with Gasteiger partial charge in [-0.05, 0) is 37.5 Å². The summed E-state index contributed by atoms with van der Waals surface area (Å²) in [7, 11) is 0. The second kappa shape index (κ2) is 3.99. The highest BCUT2D eigenvalue weighted by Crippen LogP contribution is 2.50. The maximum atomic E-state index is 11.3. The van der Waals surface area contributed by atoms with E-state index in [9.17, 15) is 4.79 Å². The average molecular weight is 245 g/mol. The van der Waals surface area contributed by atoms with Crippen LogP contribution < -0.4 is 16.2 Å². The van der Waals surface area contributed by atoms with Crippen LogP contribution in [0.15, 0.2) is 24.3 Å². The van der Waals surface area contributed by atoms with Gasteiger partial charge in [0.1, 0.15) is 0 Å². The molecular formula is C14H19N3O. The molecule has 4 nitrogen and oxygen atoms in total. The third-order valence-corrected chi connectivity index (χ3v) is 4.22. The van der Waals surface area contributed by atoms with E-state index in [1.807, 2.05) is 11.1 Å². The number of hydrazine groups is 1. The molecular weight excluding hydrogens is 226 g/mol. The number of benzene rings is 1. The fraction of sp³-hybridized carbons (Fsp3) is 0.500. The van der Waals surface area contributed by atoms with Crippen LogP contribution in [0.4, 0.5) is 5.69 Å². The van der Waals surface area contributed by atoms with Crippen LogP contribution in [0.5, 0.6) is 0 Å². The van der Waals surface area contributed by atoms with Gasteiger partial charge in [-0.1, -0.05) is 12.1 Å². The molecule has 1 saturated carbocycles. The summed E-state index contributed by atoms with van der Waals surface area (Å²) in [5, 5.41) is 1.92. The minimum Gasteiger partial charge on any atom is -0.327 e. The van der Waals surface area contributed by atoms with Crippen molar-refractivity contribution >= 4 is 11.6 Å². The Hall–Kier alpha value is -1.55. The average Bonchev–Trinajstić information content (AvgIpc) is 3.07. The highest BCUT2D eigenvalue weighted by atomic mass is 16.2. The third kappa shape index (κ3) is 1.77. The molecule has 96 valence electrons. The molecule has 1 atom stereocenters. The molecule has 1 heterocycles. The molecule has 0 spiro atoms. The summed E-state index contributed by atoms with van der Waals surface area (Å²) < 4.78 is 0. The first kappa shape index (κ1) is 11.5. The first-order chi connectivity index (χ1) is 8.62. The van der Waals surface area contributed by atoms with Crippen molar-refractivity contribution in [2.45, 2.75) is 37.6 Å². The van der Waals surface area contributed by atoms with Crippen LogP contribution in [0.25, 0.3) is 0 Å². The van der Waals surface area contributed by atoms with Crippen molar-refractivity contribution in [3.8, 4) is 0 Å². The van der Waals surface area contributed by atoms with Gasteiger partial charge in [0.2, 0.25) is 5.91 Å². The SMILES string of the molecule is CC(N)C1(c2cccc(N3CCC(=O)N3)c2)CC1. The van der Waals surface area contributed by atoms with E-state index in [4.69, 9.17) is 5.73 Å². The molecule has 1 aromatic rings. The largest absolute Gasteiger partial charge is 0.327 e. The van der Waals surface area contributed by atoms with Crippen molar-refractivity contribution in [3.05, 3.63) is 29.8 Å². The molecule has 2 aliphatic rings. The van der Waals surface area contributed by atoms with E-state index in [1.54, 1.807) is 0 Å². The molecule has 1 amide bonds. The quantitative estimate of drug-likeness (QED) is 0.844. The molecule has 18 heavy (non-hydrogen) atoms. The summed E-state index contributed by atoms with van der Waals surface area (Å²) in [5.74, 6) is 0.0914. The van der Waals surface area contributed by atoms with Crippen molar-refractivity contribution < 1.29 is 4.79 Å². The molecule has 0 aromatic heterocycles. The summed E-state index contributed by atoms with van der Waals surface area (Å²) in [5.41, 5.74) is 11.5. The second-order valence-corrected chi connectivity index (χ2v) is 5.43. The van der Waals surface area contributed by atoms with E-state index < -0.39 is 0 Å². The summed E-state index contributed by atoms with van der Waals surface area (Å²) in [6.45, 7) is 2.82. The van der Waals surface area contributed by atoms with Crippen molar-refractivity contribution in [2.24, 2.45) is 5.73 Å². The highest BCUT2D eigenvalue weighted by molar-refractivity contribution is 5.81. The number of amides is 1. The molecule has 0 bridgehead atoms. The van der Waals surface area contributed by atoms with Crippen molar-refractivity contribution in [2.75, 3.05) is 11.6 Å². The first-order valence-electron chi connectivity index (χ1n) is 6.55. The summed E-state index contributed by atoms with van der Waals surface area (Å²) >= 11 is 0. The standard InChI is InChI=1S/C14H19N3O/c1-10(15)14(6-7-14)11-3-2-4-12(9-11)17-8-5-13(18)16-17/h2-4,9-10H,5-8,15H2,1H3,(H,16,18). The van der Waals surface area contributed by atoms with Crippen LogP contribution in [0.3, 0.4) is 0 Å². The number of carbonyl (C=O) groups excluding carboxylic acids is 1. The molecule has 1 aliphatic carbocycles. The Bertz CT molecular complexity index is 480. The number of hydrogen-bond acceptors (Lipinski definition) is 3. The van der Waals surface area contributed by atoms with Gasteiger partial charge in [0.15, 0.2) is 0 Å². The zero-order valence-electron chi connectivity index (χ0n) is 10.6. The Morgan fingerprint density at radius 2 is 2.22 bits per heavy atom. The Balaban J connectivity index is 1.88. The number of anilines is 1. The normalized spacial score (nSPS) is 22.8. The number of nitrogens with zero attached hydrogens (tertiary/aromatic N) is 1. The van der Waals surface area contributed by atoms with E-state index in [-0.39, 0.29) is 17.4 Å². The Kier molecular flexibility index (Phi) is 2.55. The molecule has 1 aromatic carbocycles. The third-order valence-electron chi connectivity index (χ3n) is 4.22. The lowest BCUT2D eigenvalue weighted by atomic mass is 9.89. The van der Waals surface area contributed by atoms with Crippen LogP contribution in [-0.4, -0.2) is 18.5 Å². The smallest absolute Gasteiger partial charge is 0.240 e. The van der Waals surface area contributed by atoms with Gasteiger partial charge in [0.05, 0.1) is 5.69 Å². The number of carbonyl (C=O) groups is 1. The second-order valence-electron chi connectivity index (χ2n) is 5.43. The maximum absolute atomic E-state index is 11.3. The van der Waals surface area contributed by atoms with Gasteiger partial charge in [0.25, 0.3) is 0 Å². The first-order valence-corrected chi connectivity index (χ1v) is 6.55. The van der Waals surface area contributed by atoms with E-state index in [2.05, 4.69) is 30.5 Å². The zero-order chi connectivity index (χ0) is 12.8. The molecule has 4 heteroatoms. The van der Waals surface area contributed by atoms with Crippen LogP contribution in [0.1, 0.15) is 31.7 Å². The van der Waals surface area contributed by atoms with E-state index >= 15 is 0 Å². The Labute approximate surface area is 107 Å². The summed E-state index contributed by atoms with van der Waals surface area (Å²) in [4.78, 5) is 11.3. The number of nitrogens with two attached hydrogens (primary N) is 1. The minimum atomic E-state index is 0.0914. The maximum Gasteiger partial charge on any atom is 0.240 e. The highest BCUT2D eigenvalue weighted by Gasteiger charge is 2.47. The van der Waals surface area contributed by atoms with Gasteiger partial charge in [-0.2, -0.15) is 0 Å². The lowest BCUT2D eigenvalue weighted by Crippen LogP contribution is -2.34. The van der Waals surface area contributed by atoms with Crippen LogP contribution in [-0.2, 0) is 10.2 Å². The lowest BCUT2D eigenvalue weighted by molar-refractivity contribution is -0.119. The molecule has 1 unspecified atom stereocenters. The molecule has 1 saturated heterocycles. The Morgan fingerprint density at radius 1 is 1.44 bits per heavy atom. The lowest BCUT2D eigenvalue weighted by Gasteiger charge is -2.23. The minimum absolute atomic E-state index is 0.0914. The summed E-state index contributed by atoms with van der Waals surface area (Å²) in [6, 6.07) is 8.59. The number of rotatable bonds is 3. The van der Waals surface area contributed by atoms with Crippen molar-refractivity contribution in [3.63, 3.8) is 0 Å². The van der Waals surface area contributed by atoms with Gasteiger partial charge in [-0.3, -0.25) is 15.2 Å². The molecule has 2 fully saturated rings. The van der Waals surface area contributed by atoms with Gasteiger partial charge in [-0.25, -0.2) is 0 Å². The summed E-state index contributed by atoms with van der Waals surface area (Å²) in [6.07, 6.45) is 2.91. The van der Waals surface area contributed by atoms with E-state index in [0.717, 1.165) is 12.2 Å². The fourth-order valence-electron chi connectivity index (χ4n) is 2.79. The Morgan fingerprint density at radius 3 is 2.78 bits per heavy atom. The van der Waals surface area contributed by atoms with Crippen LogP contribution in [0.2, 0.25) is 0 Å². The van der Waals surface area contributed by atoms with Crippen LogP contribution in [0, 0.1) is 0 Å². The molecule has 1 aliphatic heterocycles. The molecule has 3 N–H and O–H groups in total. The predicted molar refractivity (Wildman–Crippen MR) is 71.1 cm³/mol. The monoisotopic (exact) mass is 245 g/mol. The van der Waals surface area contributed by atoms with E-state index in [1.165, 1.54) is 18.4 Å². The van der Waals surface area contributed by atoms with Crippen molar-refractivity contribution in [1.82, 2.24) is 5.43 Å². The molecule has 3 rings (SSSR count). The topological polar surface area (TPSA) is 58.4 Å². The van der Waals surface area contributed by atoms with Crippen molar-refractivity contribution in [1.29, 1.82) is 0 Å². The number of hydrogen-bond donors (Lipinski definition) is 2. The van der Waals surface area contributed by atoms with Gasteiger partial charge in [0, 0.05) is 24.4 Å². The van der Waals surface area contributed by atoms with Gasteiger partial charge < -0.3 is 5.73 Å². The fourth-order valence-corrected chi connectivity index (χ4v) is 2.79. The molecule has 0 radical (unpaired) electrons. The predicted octanol–water partition coefficient (Wildman–Crippen LogP) is 1.31. The number of nitrogens with one attached hydrogen (secondary N) is 1.